The molecule has 0 aliphatic carbocycles. The lowest BCUT2D eigenvalue weighted by Gasteiger charge is -2.05. The Balaban J connectivity index is 2.40. The van der Waals surface area contributed by atoms with E-state index in [0.717, 1.165) is 0 Å². The molecule has 1 rings (SSSR count). The molecule has 1 heterocycles. The van der Waals surface area contributed by atoms with Crippen molar-refractivity contribution in [1.29, 1.82) is 0 Å². The lowest BCUT2D eigenvalue weighted by atomic mass is 10.1. The van der Waals surface area contributed by atoms with Crippen LogP contribution in [0, 0.1) is 10.1 Å². The third-order valence-corrected chi connectivity index (χ3v) is 1.43. The van der Waals surface area contributed by atoms with Gasteiger partial charge >= 0.3 is 0 Å². The first kappa shape index (κ1) is 9.37. The van der Waals surface area contributed by atoms with Crippen LogP contribution in [-0.2, 0) is 4.79 Å². The van der Waals surface area contributed by atoms with Crippen LogP contribution in [0.5, 0.6) is 0 Å². The molecule has 0 fully saturated rings. The largest absolute Gasteiger partial charge is 0.372 e. The average molecular weight is 183 g/mol. The highest BCUT2D eigenvalue weighted by atomic mass is 16.6. The van der Waals surface area contributed by atoms with Gasteiger partial charge in [-0.05, 0) is 5.57 Å². The molecular formula is C7H9N3O3. The van der Waals surface area contributed by atoms with Crippen molar-refractivity contribution in [3.05, 3.63) is 21.9 Å². The van der Waals surface area contributed by atoms with Crippen LogP contribution in [0.2, 0.25) is 0 Å². The summed E-state index contributed by atoms with van der Waals surface area (Å²) >= 11 is 0. The number of nitro groups is 1. The summed E-state index contributed by atoms with van der Waals surface area (Å²) in [5, 5.41) is 12.8. The second-order valence-electron chi connectivity index (χ2n) is 2.60. The molecule has 0 atom stereocenters. The van der Waals surface area contributed by atoms with Crippen molar-refractivity contribution >= 4 is 12.0 Å². The summed E-state index contributed by atoms with van der Waals surface area (Å²) in [5.41, 5.74) is 0.679. The summed E-state index contributed by atoms with van der Waals surface area (Å²) in [5.74, 6) is -0.411. The number of rotatable bonds is 4. The maximum absolute atomic E-state index is 10.9. The molecule has 0 aromatic rings. The number of hydrogen-bond donors (Lipinski definition) is 1. The van der Waals surface area contributed by atoms with Gasteiger partial charge in [0.15, 0.2) is 0 Å². The molecule has 0 bridgehead atoms. The molecule has 0 amide bonds. The van der Waals surface area contributed by atoms with Gasteiger partial charge in [0.25, 0.3) is 6.54 Å². The predicted molar refractivity (Wildman–Crippen MR) is 46.1 cm³/mol. The second-order valence-corrected chi connectivity index (χ2v) is 2.60. The Labute approximate surface area is 74.5 Å². The number of allylic oxidation sites excluding steroid dienone is 1. The number of carbonyl (C=O) groups is 1. The molecular weight excluding hydrogens is 174 g/mol. The minimum absolute atomic E-state index is 0.0669. The molecule has 0 saturated heterocycles. The van der Waals surface area contributed by atoms with Crippen LogP contribution in [0.3, 0.4) is 0 Å². The standard InChI is InChI=1S/C7H9N3O3/c11-7(4-10(12)13)1-6-2-8-5-9-3-6/h2-3,8H,1,4-5H2. The Morgan fingerprint density at radius 1 is 1.77 bits per heavy atom. The molecule has 0 unspecified atom stereocenters. The van der Waals surface area contributed by atoms with E-state index >= 15 is 0 Å². The quantitative estimate of drug-likeness (QED) is 0.480. The van der Waals surface area contributed by atoms with Gasteiger partial charge in [-0.25, -0.2) is 0 Å². The molecule has 70 valence electrons. The molecule has 0 saturated carbocycles. The summed E-state index contributed by atoms with van der Waals surface area (Å²) in [6.07, 6.45) is 3.26. The first-order valence-corrected chi connectivity index (χ1v) is 3.74. The Kier molecular flexibility index (Phi) is 3.13. The Morgan fingerprint density at radius 2 is 2.54 bits per heavy atom. The fourth-order valence-electron chi connectivity index (χ4n) is 0.954. The van der Waals surface area contributed by atoms with Crippen molar-refractivity contribution in [1.82, 2.24) is 5.32 Å². The first-order valence-electron chi connectivity index (χ1n) is 3.74. The minimum Gasteiger partial charge on any atom is -0.372 e. The van der Waals surface area contributed by atoms with E-state index in [-0.39, 0.29) is 6.42 Å². The summed E-state index contributed by atoms with van der Waals surface area (Å²) < 4.78 is 0. The van der Waals surface area contributed by atoms with Gasteiger partial charge in [-0.3, -0.25) is 19.9 Å². The van der Waals surface area contributed by atoms with Crippen LogP contribution < -0.4 is 5.32 Å². The van der Waals surface area contributed by atoms with Gasteiger partial charge in [-0.2, -0.15) is 0 Å². The molecule has 0 radical (unpaired) electrons. The van der Waals surface area contributed by atoms with Crippen molar-refractivity contribution in [2.24, 2.45) is 4.99 Å². The van der Waals surface area contributed by atoms with E-state index in [1.807, 2.05) is 0 Å². The van der Waals surface area contributed by atoms with Gasteiger partial charge < -0.3 is 5.32 Å². The van der Waals surface area contributed by atoms with Crippen LogP contribution in [0.1, 0.15) is 6.42 Å². The minimum atomic E-state index is -0.629. The molecule has 0 aromatic heterocycles. The molecule has 6 heteroatoms. The van der Waals surface area contributed by atoms with Crippen molar-refractivity contribution < 1.29 is 9.72 Å². The van der Waals surface area contributed by atoms with E-state index in [0.29, 0.717) is 12.2 Å². The second kappa shape index (κ2) is 4.34. The van der Waals surface area contributed by atoms with E-state index in [1.54, 1.807) is 12.4 Å². The lowest BCUT2D eigenvalue weighted by Crippen LogP contribution is -2.17. The normalized spacial score (nSPS) is 14.6. The summed E-state index contributed by atoms with van der Waals surface area (Å²) in [6, 6.07) is 0. The smallest absolute Gasteiger partial charge is 0.261 e. The maximum Gasteiger partial charge on any atom is 0.261 e. The van der Waals surface area contributed by atoms with E-state index in [1.165, 1.54) is 0 Å². The summed E-state index contributed by atoms with van der Waals surface area (Å²) in [6.45, 7) is -0.127. The Hall–Kier alpha value is -1.72. The molecule has 13 heavy (non-hydrogen) atoms. The zero-order valence-corrected chi connectivity index (χ0v) is 6.90. The molecule has 6 nitrogen and oxygen atoms in total. The van der Waals surface area contributed by atoms with Crippen molar-refractivity contribution in [3.63, 3.8) is 0 Å². The molecule has 1 N–H and O–H groups in total. The van der Waals surface area contributed by atoms with Gasteiger partial charge in [0.05, 0.1) is 0 Å². The third-order valence-electron chi connectivity index (χ3n) is 1.43. The lowest BCUT2D eigenvalue weighted by molar-refractivity contribution is -0.467. The molecule has 1 aliphatic heterocycles. The molecule has 0 spiro atoms. The summed E-state index contributed by atoms with van der Waals surface area (Å²) in [7, 11) is 0. The highest BCUT2D eigenvalue weighted by Gasteiger charge is 2.11. The van der Waals surface area contributed by atoms with Gasteiger partial charge in [-0.1, -0.05) is 0 Å². The number of ketones is 1. The fraction of sp³-hybridized carbons (Fsp3) is 0.429. The van der Waals surface area contributed by atoms with E-state index in [9.17, 15) is 14.9 Å². The van der Waals surface area contributed by atoms with Crippen molar-refractivity contribution in [3.8, 4) is 0 Å². The number of aliphatic imine (C=N–C) groups is 1. The summed E-state index contributed by atoms with van der Waals surface area (Å²) in [4.78, 5) is 24.2. The van der Waals surface area contributed by atoms with Crippen molar-refractivity contribution in [2.45, 2.75) is 6.42 Å². The van der Waals surface area contributed by atoms with Crippen LogP contribution in [-0.4, -0.2) is 30.1 Å². The van der Waals surface area contributed by atoms with E-state index < -0.39 is 17.3 Å². The number of hydrogen-bond acceptors (Lipinski definition) is 5. The number of Topliss-reactive ketones (excluding diaryl/α,β-unsaturated/α-hetero) is 1. The third kappa shape index (κ3) is 3.46. The topological polar surface area (TPSA) is 84.6 Å². The maximum atomic E-state index is 10.9. The Bertz CT molecular complexity index is 283. The zero-order valence-electron chi connectivity index (χ0n) is 6.90. The monoisotopic (exact) mass is 183 g/mol. The van der Waals surface area contributed by atoms with Crippen LogP contribution >= 0.6 is 0 Å². The fourth-order valence-corrected chi connectivity index (χ4v) is 0.954. The first-order chi connectivity index (χ1) is 6.18. The predicted octanol–water partition coefficient (Wildman–Crippen LogP) is -0.262. The van der Waals surface area contributed by atoms with Gasteiger partial charge in [0, 0.05) is 23.8 Å². The SMILES string of the molecule is O=C(CC1=CNCN=C1)C[N+](=O)[O-]. The molecule has 0 aromatic carbocycles. The highest BCUT2D eigenvalue weighted by Crippen LogP contribution is 2.00. The van der Waals surface area contributed by atoms with Crippen LogP contribution in [0.4, 0.5) is 0 Å². The number of nitrogens with one attached hydrogen (secondary N) is 1. The van der Waals surface area contributed by atoms with Gasteiger partial charge in [0.1, 0.15) is 6.67 Å². The average Bonchev–Trinajstić information content (AvgIpc) is 2.04. The highest BCUT2D eigenvalue weighted by molar-refractivity contribution is 5.91. The van der Waals surface area contributed by atoms with Crippen molar-refractivity contribution in [2.75, 3.05) is 13.2 Å². The number of nitrogens with zero attached hydrogens (tertiary/aromatic N) is 2. The van der Waals surface area contributed by atoms with E-state index in [2.05, 4.69) is 10.3 Å². The van der Waals surface area contributed by atoms with E-state index in [4.69, 9.17) is 0 Å². The number of carbonyl (C=O) groups excluding carboxylic acids is 1. The van der Waals surface area contributed by atoms with Crippen LogP contribution in [0.15, 0.2) is 16.8 Å². The zero-order chi connectivity index (χ0) is 9.68. The molecule has 1 aliphatic rings. The van der Waals surface area contributed by atoms with Crippen LogP contribution in [0.25, 0.3) is 0 Å². The van der Waals surface area contributed by atoms with Gasteiger partial charge in [-0.15, -0.1) is 0 Å². The van der Waals surface area contributed by atoms with Gasteiger partial charge in [0.2, 0.25) is 5.78 Å². The Morgan fingerprint density at radius 3 is 3.08 bits per heavy atom.